The number of para-hydroxylation sites is 1. The number of hydrogen-bond donors (Lipinski definition) is 4. The third-order valence-electron chi connectivity index (χ3n) is 5.25. The largest absolute Gasteiger partial charge is 0.504 e. The Hall–Kier alpha value is -4.24. The number of halogens is 1. The second-order valence-corrected chi connectivity index (χ2v) is 7.87. The van der Waals surface area contributed by atoms with Gasteiger partial charge in [-0.15, -0.1) is 0 Å². The highest BCUT2D eigenvalue weighted by atomic mass is 32.1. The molecule has 5 N–H and O–H groups in total. The first-order valence-electron chi connectivity index (χ1n) is 10.3. The van der Waals surface area contributed by atoms with Gasteiger partial charge in [-0.2, -0.15) is 0 Å². The molecule has 0 saturated carbocycles. The number of anilines is 1. The van der Waals surface area contributed by atoms with Crippen LogP contribution in [0.3, 0.4) is 0 Å². The normalized spacial score (nSPS) is 10.7. The number of thiocarbonyl (C=S) groups is 1. The fraction of sp³-hybridized carbons (Fsp3) is 0.0800. The van der Waals surface area contributed by atoms with Gasteiger partial charge < -0.3 is 20.6 Å². The van der Waals surface area contributed by atoms with Crippen LogP contribution >= 0.6 is 12.2 Å². The lowest BCUT2D eigenvalue weighted by molar-refractivity contribution is 0.102. The summed E-state index contributed by atoms with van der Waals surface area (Å²) in [5, 5.41) is 16.3. The minimum Gasteiger partial charge on any atom is -0.504 e. The van der Waals surface area contributed by atoms with E-state index in [2.05, 4.69) is 10.6 Å². The molecule has 34 heavy (non-hydrogen) atoms. The highest BCUT2D eigenvalue weighted by Gasteiger charge is 2.20. The third-order valence-corrected chi connectivity index (χ3v) is 5.57. The molecule has 0 radical (unpaired) electrons. The van der Waals surface area contributed by atoms with Crippen LogP contribution in [-0.2, 0) is 12.8 Å². The molecule has 0 spiro atoms. The van der Waals surface area contributed by atoms with Crippen molar-refractivity contribution in [2.75, 3.05) is 5.32 Å². The Kier molecular flexibility index (Phi) is 6.55. The lowest BCUT2D eigenvalue weighted by Gasteiger charge is -2.11. The number of benzene rings is 3. The van der Waals surface area contributed by atoms with Gasteiger partial charge in [0, 0.05) is 17.7 Å². The molecule has 3 amide bonds. The maximum atomic E-state index is 14.0. The van der Waals surface area contributed by atoms with Crippen LogP contribution < -0.4 is 16.4 Å². The number of hydrogen-bond acceptors (Lipinski definition) is 5. The molecule has 4 rings (SSSR count). The zero-order valence-corrected chi connectivity index (χ0v) is 18.6. The van der Waals surface area contributed by atoms with Gasteiger partial charge in [-0.25, -0.2) is 9.18 Å². The number of carbonyl (C=O) groups is 2. The van der Waals surface area contributed by atoms with Gasteiger partial charge in [0.25, 0.3) is 5.91 Å². The minimum atomic E-state index is -0.806. The zero-order valence-electron chi connectivity index (χ0n) is 17.8. The Morgan fingerprint density at radius 3 is 2.44 bits per heavy atom. The van der Waals surface area contributed by atoms with Crippen molar-refractivity contribution in [3.05, 3.63) is 95.0 Å². The van der Waals surface area contributed by atoms with Crippen LogP contribution in [0.4, 0.5) is 14.9 Å². The summed E-state index contributed by atoms with van der Waals surface area (Å²) in [7, 11) is 0. The van der Waals surface area contributed by atoms with Gasteiger partial charge in [-0.3, -0.25) is 10.1 Å². The topological polar surface area (TPSA) is 118 Å². The molecule has 0 fully saturated rings. The molecule has 0 aliphatic carbocycles. The highest BCUT2D eigenvalue weighted by Crippen LogP contribution is 2.36. The standard InChI is InChI=1S/C25H20FN3O4S/c26-17-9-3-2-7-15(17)23(31)28-18-10-4-1-6-14(18)12-13-20-22(30)21-16(24(34)29-25(27)32)8-5-11-19(21)33-20/h1-11,30H,12-13H2,(H,28,31)(H3,27,29,32,34). The van der Waals surface area contributed by atoms with Crippen molar-refractivity contribution in [2.45, 2.75) is 12.8 Å². The predicted octanol–water partition coefficient (Wildman–Crippen LogP) is 4.66. The average molecular weight is 478 g/mol. The number of nitrogens with two attached hydrogens (primary N) is 1. The van der Waals surface area contributed by atoms with Gasteiger partial charge in [0.2, 0.25) is 0 Å². The number of nitrogens with one attached hydrogen (secondary N) is 2. The van der Waals surface area contributed by atoms with E-state index in [-0.39, 0.29) is 16.3 Å². The summed E-state index contributed by atoms with van der Waals surface area (Å²) in [6, 6.07) is 17.1. The van der Waals surface area contributed by atoms with E-state index in [4.69, 9.17) is 22.4 Å². The first-order valence-corrected chi connectivity index (χ1v) is 10.7. The summed E-state index contributed by atoms with van der Waals surface area (Å²) >= 11 is 5.21. The van der Waals surface area contributed by atoms with Crippen LogP contribution in [-0.4, -0.2) is 22.0 Å². The van der Waals surface area contributed by atoms with Gasteiger partial charge in [0.1, 0.15) is 22.1 Å². The van der Waals surface area contributed by atoms with Gasteiger partial charge in [0.05, 0.1) is 10.9 Å². The van der Waals surface area contributed by atoms with Crippen molar-refractivity contribution in [1.29, 1.82) is 0 Å². The molecule has 172 valence electrons. The van der Waals surface area contributed by atoms with Crippen molar-refractivity contribution in [3.8, 4) is 5.75 Å². The van der Waals surface area contributed by atoms with Crippen LogP contribution in [0.25, 0.3) is 11.0 Å². The Morgan fingerprint density at radius 1 is 0.971 bits per heavy atom. The van der Waals surface area contributed by atoms with Gasteiger partial charge >= 0.3 is 6.03 Å². The molecule has 1 heterocycles. The van der Waals surface area contributed by atoms with E-state index in [9.17, 15) is 19.1 Å². The predicted molar refractivity (Wildman–Crippen MR) is 131 cm³/mol. The molecule has 0 aliphatic heterocycles. The number of amides is 3. The number of aryl methyl sites for hydroxylation is 2. The molecular weight excluding hydrogens is 457 g/mol. The van der Waals surface area contributed by atoms with Crippen LogP contribution in [0.15, 0.2) is 71.1 Å². The minimum absolute atomic E-state index is 0.0553. The zero-order chi connectivity index (χ0) is 24.2. The molecule has 0 bridgehead atoms. The Morgan fingerprint density at radius 2 is 1.68 bits per heavy atom. The summed E-state index contributed by atoms with van der Waals surface area (Å²) in [6.45, 7) is 0. The summed E-state index contributed by atoms with van der Waals surface area (Å²) < 4.78 is 19.8. The number of rotatable bonds is 6. The number of carbonyl (C=O) groups excluding carboxylic acids is 2. The first-order chi connectivity index (χ1) is 16.3. The quantitative estimate of drug-likeness (QED) is 0.301. The fourth-order valence-corrected chi connectivity index (χ4v) is 3.93. The number of aromatic hydroxyl groups is 1. The lowest BCUT2D eigenvalue weighted by atomic mass is 10.0. The van der Waals surface area contributed by atoms with Gasteiger partial charge in [-0.1, -0.05) is 54.7 Å². The molecule has 0 saturated heterocycles. The second kappa shape index (κ2) is 9.72. The third kappa shape index (κ3) is 4.74. The van der Waals surface area contributed by atoms with Crippen LogP contribution in [0.5, 0.6) is 5.75 Å². The van der Waals surface area contributed by atoms with E-state index in [0.29, 0.717) is 40.8 Å². The maximum Gasteiger partial charge on any atom is 0.317 e. The molecule has 0 aliphatic rings. The fourth-order valence-electron chi connectivity index (χ4n) is 3.66. The summed E-state index contributed by atoms with van der Waals surface area (Å²) in [4.78, 5) is 23.8. The maximum absolute atomic E-state index is 14.0. The highest BCUT2D eigenvalue weighted by molar-refractivity contribution is 7.80. The molecule has 4 aromatic rings. The smallest absolute Gasteiger partial charge is 0.317 e. The molecule has 7 nitrogen and oxygen atoms in total. The number of fused-ring (bicyclic) bond motifs is 1. The van der Waals surface area contributed by atoms with Crippen molar-refractivity contribution >= 4 is 45.8 Å². The Bertz CT molecular complexity index is 1420. The Balaban J connectivity index is 1.57. The average Bonchev–Trinajstić information content (AvgIpc) is 3.14. The Labute approximate surface area is 199 Å². The summed E-state index contributed by atoms with van der Waals surface area (Å²) in [5.41, 5.74) is 7.21. The van der Waals surface area contributed by atoms with E-state index < -0.39 is 17.8 Å². The van der Waals surface area contributed by atoms with Crippen LogP contribution in [0.1, 0.15) is 27.2 Å². The summed E-state index contributed by atoms with van der Waals surface area (Å²) in [6.07, 6.45) is 0.725. The van der Waals surface area contributed by atoms with Crippen molar-refractivity contribution in [2.24, 2.45) is 5.73 Å². The van der Waals surface area contributed by atoms with E-state index >= 15 is 0 Å². The van der Waals surface area contributed by atoms with E-state index in [1.54, 1.807) is 36.4 Å². The van der Waals surface area contributed by atoms with E-state index in [0.717, 1.165) is 5.56 Å². The van der Waals surface area contributed by atoms with E-state index in [1.165, 1.54) is 18.2 Å². The SMILES string of the molecule is NC(=O)NC(=S)c1cccc2oc(CCc3ccccc3NC(=O)c3ccccc3F)c(O)c12. The number of furan rings is 1. The molecule has 0 atom stereocenters. The number of primary amides is 1. The van der Waals surface area contributed by atoms with Crippen molar-refractivity contribution in [3.63, 3.8) is 0 Å². The first kappa shape index (κ1) is 22.9. The molecular formula is C25H20FN3O4S. The second-order valence-electron chi connectivity index (χ2n) is 7.46. The van der Waals surface area contributed by atoms with Crippen molar-refractivity contribution < 1.29 is 23.5 Å². The molecule has 3 aromatic carbocycles. The lowest BCUT2D eigenvalue weighted by Crippen LogP contribution is -2.34. The molecule has 1 aromatic heterocycles. The molecule has 9 heteroatoms. The van der Waals surface area contributed by atoms with Crippen LogP contribution in [0.2, 0.25) is 0 Å². The summed E-state index contributed by atoms with van der Waals surface area (Å²) in [5.74, 6) is -0.937. The monoisotopic (exact) mass is 477 g/mol. The molecule has 0 unspecified atom stereocenters. The van der Waals surface area contributed by atoms with Gasteiger partial charge in [0.15, 0.2) is 5.75 Å². The number of urea groups is 1. The van der Waals surface area contributed by atoms with Crippen molar-refractivity contribution in [1.82, 2.24) is 5.32 Å². The van der Waals surface area contributed by atoms with E-state index in [1.807, 2.05) is 12.1 Å². The van der Waals surface area contributed by atoms with Gasteiger partial charge in [-0.05, 0) is 36.2 Å². The van der Waals surface area contributed by atoms with Crippen LogP contribution in [0, 0.1) is 5.82 Å².